The van der Waals surface area contributed by atoms with Gasteiger partial charge in [0, 0.05) is 35.6 Å². The van der Waals surface area contributed by atoms with Crippen LogP contribution in [0.15, 0.2) is 48.7 Å². The molecule has 1 N–H and O–H groups in total. The van der Waals surface area contributed by atoms with E-state index in [1.807, 2.05) is 30.3 Å². The highest BCUT2D eigenvalue weighted by atomic mass is 16.5. The first kappa shape index (κ1) is 17.9. The fourth-order valence-electron chi connectivity index (χ4n) is 3.43. The van der Waals surface area contributed by atoms with Crippen LogP contribution < -0.4 is 9.47 Å². The molecule has 0 aliphatic heterocycles. The van der Waals surface area contributed by atoms with Crippen LogP contribution in [0.3, 0.4) is 0 Å². The molecule has 1 atom stereocenters. The Kier molecular flexibility index (Phi) is 5.16. The average molecular weight is 353 g/mol. The Bertz CT molecular complexity index is 907. The third-order valence-corrected chi connectivity index (χ3v) is 4.69. The quantitative estimate of drug-likeness (QED) is 0.688. The van der Waals surface area contributed by atoms with E-state index in [1.54, 1.807) is 20.3 Å². The van der Waals surface area contributed by atoms with Crippen LogP contribution in [0.5, 0.6) is 11.5 Å². The number of hydrogen-bond acceptors (Lipinski definition) is 3. The maximum Gasteiger partial charge on any atom is 0.304 e. The van der Waals surface area contributed by atoms with Crippen LogP contribution in [0.2, 0.25) is 0 Å². The van der Waals surface area contributed by atoms with E-state index in [0.717, 1.165) is 28.6 Å². The molecule has 0 saturated carbocycles. The second-order valence-corrected chi connectivity index (χ2v) is 6.18. The number of carbonyl (C=O) groups is 1. The van der Waals surface area contributed by atoms with Gasteiger partial charge in [-0.3, -0.25) is 4.79 Å². The van der Waals surface area contributed by atoms with E-state index in [9.17, 15) is 9.90 Å². The molecule has 0 saturated heterocycles. The van der Waals surface area contributed by atoms with Gasteiger partial charge in [-0.25, -0.2) is 0 Å². The predicted octanol–water partition coefficient (Wildman–Crippen LogP) is 4.29. The van der Waals surface area contributed by atoms with Gasteiger partial charge in [0.15, 0.2) is 0 Å². The summed E-state index contributed by atoms with van der Waals surface area (Å²) in [7, 11) is 3.18. The number of para-hydroxylation sites is 1. The molecule has 3 aromatic rings. The zero-order valence-corrected chi connectivity index (χ0v) is 15.2. The molecular formula is C21H23NO4. The molecule has 136 valence electrons. The minimum Gasteiger partial charge on any atom is -0.497 e. The summed E-state index contributed by atoms with van der Waals surface area (Å²) in [6.07, 6.45) is 2.05. The number of carboxylic acids is 1. The van der Waals surface area contributed by atoms with E-state index in [0.29, 0.717) is 11.5 Å². The summed E-state index contributed by atoms with van der Waals surface area (Å²) in [5.41, 5.74) is 2.97. The number of carboxylic acid groups (broad SMARTS) is 1. The van der Waals surface area contributed by atoms with Gasteiger partial charge in [-0.2, -0.15) is 0 Å². The molecule has 5 heteroatoms. The Morgan fingerprint density at radius 2 is 1.77 bits per heavy atom. The first-order chi connectivity index (χ1) is 12.6. The van der Waals surface area contributed by atoms with Crippen molar-refractivity contribution in [3.8, 4) is 11.5 Å². The smallest absolute Gasteiger partial charge is 0.304 e. The second kappa shape index (κ2) is 7.52. The minimum absolute atomic E-state index is 0.00591. The minimum atomic E-state index is -0.842. The van der Waals surface area contributed by atoms with Crippen molar-refractivity contribution in [2.45, 2.75) is 25.8 Å². The number of nitrogens with zero attached hydrogens (tertiary/aromatic N) is 1. The van der Waals surface area contributed by atoms with Gasteiger partial charge in [-0.05, 0) is 36.2 Å². The molecule has 1 aromatic heterocycles. The maximum absolute atomic E-state index is 11.6. The first-order valence-electron chi connectivity index (χ1n) is 8.59. The molecule has 0 radical (unpaired) electrons. The fourth-order valence-corrected chi connectivity index (χ4v) is 3.43. The Labute approximate surface area is 152 Å². The lowest BCUT2D eigenvalue weighted by Crippen LogP contribution is -2.08. The van der Waals surface area contributed by atoms with Gasteiger partial charge in [-0.1, -0.05) is 18.2 Å². The van der Waals surface area contributed by atoms with Crippen molar-refractivity contribution in [3.63, 3.8) is 0 Å². The van der Waals surface area contributed by atoms with Crippen molar-refractivity contribution in [3.05, 3.63) is 59.8 Å². The molecule has 0 spiro atoms. The van der Waals surface area contributed by atoms with Crippen molar-refractivity contribution in [2.24, 2.45) is 0 Å². The third-order valence-electron chi connectivity index (χ3n) is 4.69. The molecule has 5 nitrogen and oxygen atoms in total. The lowest BCUT2D eigenvalue weighted by molar-refractivity contribution is -0.137. The number of ether oxygens (including phenoxy) is 2. The number of hydrogen-bond donors (Lipinski definition) is 1. The Hall–Kier alpha value is -2.95. The van der Waals surface area contributed by atoms with Crippen LogP contribution in [0.25, 0.3) is 10.9 Å². The number of benzene rings is 2. The first-order valence-corrected chi connectivity index (χ1v) is 8.59. The van der Waals surface area contributed by atoms with Gasteiger partial charge >= 0.3 is 5.97 Å². The number of fused-ring (bicyclic) bond motifs is 1. The van der Waals surface area contributed by atoms with Gasteiger partial charge < -0.3 is 19.1 Å². The van der Waals surface area contributed by atoms with E-state index in [2.05, 4.69) is 23.8 Å². The summed E-state index contributed by atoms with van der Waals surface area (Å²) in [5, 5.41) is 10.6. The third kappa shape index (κ3) is 3.38. The number of aryl methyl sites for hydroxylation is 1. The molecule has 0 bridgehead atoms. The van der Waals surface area contributed by atoms with Crippen molar-refractivity contribution in [1.29, 1.82) is 0 Å². The SMILES string of the molecule is CCn1cc(C(CC(=O)O)c2cc(OC)cc(OC)c2)c2ccccc21. The van der Waals surface area contributed by atoms with Gasteiger partial charge in [0.25, 0.3) is 0 Å². The predicted molar refractivity (Wildman–Crippen MR) is 101 cm³/mol. The molecule has 1 unspecified atom stereocenters. The standard InChI is InChI=1S/C21H23NO4/c1-4-22-13-19(17-7-5-6-8-20(17)22)18(12-21(23)24)14-9-15(25-2)11-16(10-14)26-3/h5-11,13,18H,4,12H2,1-3H3,(H,23,24). The Morgan fingerprint density at radius 1 is 1.12 bits per heavy atom. The molecule has 0 fully saturated rings. The van der Waals surface area contributed by atoms with Gasteiger partial charge in [0.2, 0.25) is 0 Å². The van der Waals surface area contributed by atoms with Crippen LogP contribution in [0, 0.1) is 0 Å². The fraction of sp³-hybridized carbons (Fsp3) is 0.286. The lowest BCUT2D eigenvalue weighted by atomic mass is 9.88. The van der Waals surface area contributed by atoms with Crippen molar-refractivity contribution in [1.82, 2.24) is 4.57 Å². The molecule has 1 heterocycles. The van der Waals surface area contributed by atoms with E-state index in [4.69, 9.17) is 9.47 Å². The van der Waals surface area contributed by atoms with Crippen LogP contribution in [-0.4, -0.2) is 29.9 Å². The summed E-state index contributed by atoms with van der Waals surface area (Å²) >= 11 is 0. The molecular weight excluding hydrogens is 330 g/mol. The summed E-state index contributed by atoms with van der Waals surface area (Å²) in [6.45, 7) is 2.90. The molecule has 26 heavy (non-hydrogen) atoms. The van der Waals surface area contributed by atoms with E-state index in [-0.39, 0.29) is 12.3 Å². The Morgan fingerprint density at radius 3 is 2.35 bits per heavy atom. The van der Waals surface area contributed by atoms with Gasteiger partial charge in [-0.15, -0.1) is 0 Å². The van der Waals surface area contributed by atoms with Gasteiger partial charge in [0.1, 0.15) is 11.5 Å². The monoisotopic (exact) mass is 353 g/mol. The number of methoxy groups -OCH3 is 2. The zero-order chi connectivity index (χ0) is 18.7. The molecule has 0 amide bonds. The number of rotatable bonds is 7. The van der Waals surface area contributed by atoms with Crippen LogP contribution in [-0.2, 0) is 11.3 Å². The van der Waals surface area contributed by atoms with Crippen molar-refractivity contribution < 1.29 is 19.4 Å². The highest BCUT2D eigenvalue weighted by molar-refractivity contribution is 5.86. The molecule has 0 aliphatic rings. The summed E-state index contributed by atoms with van der Waals surface area (Å²) < 4.78 is 12.9. The summed E-state index contributed by atoms with van der Waals surface area (Å²) in [5.74, 6) is 0.155. The van der Waals surface area contributed by atoms with Crippen molar-refractivity contribution in [2.75, 3.05) is 14.2 Å². The van der Waals surface area contributed by atoms with Crippen LogP contribution in [0.1, 0.15) is 30.4 Å². The van der Waals surface area contributed by atoms with Crippen LogP contribution >= 0.6 is 0 Å². The van der Waals surface area contributed by atoms with Gasteiger partial charge in [0.05, 0.1) is 20.6 Å². The second-order valence-electron chi connectivity index (χ2n) is 6.18. The van der Waals surface area contributed by atoms with E-state index >= 15 is 0 Å². The summed E-state index contributed by atoms with van der Waals surface area (Å²) in [4.78, 5) is 11.6. The lowest BCUT2D eigenvalue weighted by Gasteiger charge is -2.17. The van der Waals surface area contributed by atoms with Crippen LogP contribution in [0.4, 0.5) is 0 Å². The average Bonchev–Trinajstić information content (AvgIpc) is 3.04. The topological polar surface area (TPSA) is 60.7 Å². The Balaban J connectivity index is 2.21. The highest BCUT2D eigenvalue weighted by Gasteiger charge is 2.23. The summed E-state index contributed by atoms with van der Waals surface area (Å²) in [6, 6.07) is 13.6. The maximum atomic E-state index is 11.6. The zero-order valence-electron chi connectivity index (χ0n) is 15.2. The van der Waals surface area contributed by atoms with E-state index in [1.165, 1.54) is 0 Å². The molecule has 3 rings (SSSR count). The van der Waals surface area contributed by atoms with Crippen molar-refractivity contribution >= 4 is 16.9 Å². The molecule has 2 aromatic carbocycles. The number of aliphatic carboxylic acids is 1. The highest BCUT2D eigenvalue weighted by Crippen LogP contribution is 2.37. The largest absolute Gasteiger partial charge is 0.497 e. The molecule has 0 aliphatic carbocycles. The number of aromatic nitrogens is 1. The van der Waals surface area contributed by atoms with E-state index < -0.39 is 5.97 Å². The normalized spacial score (nSPS) is 12.1.